The zero-order valence-electron chi connectivity index (χ0n) is 8.48. The number of hydrogen-bond donors (Lipinski definition) is 0. The second kappa shape index (κ2) is 4.04. The monoisotopic (exact) mass is 240 g/mol. The molecule has 0 fully saturated rings. The Morgan fingerprint density at radius 1 is 1.12 bits per heavy atom. The van der Waals surface area contributed by atoms with Crippen molar-refractivity contribution >= 4 is 6.29 Å². The number of alkyl halides is 3. The summed E-state index contributed by atoms with van der Waals surface area (Å²) in [5, 5.41) is 3.62. The normalized spacial score (nSPS) is 11.5. The van der Waals surface area contributed by atoms with Gasteiger partial charge in [-0.25, -0.2) is 4.68 Å². The summed E-state index contributed by atoms with van der Waals surface area (Å²) in [5.41, 5.74) is -0.196. The summed E-state index contributed by atoms with van der Waals surface area (Å²) in [6.45, 7) is 0. The average molecular weight is 240 g/mol. The van der Waals surface area contributed by atoms with Crippen molar-refractivity contribution in [2.45, 2.75) is 6.18 Å². The molecule has 0 aliphatic heterocycles. The van der Waals surface area contributed by atoms with Crippen molar-refractivity contribution < 1.29 is 18.0 Å². The first-order chi connectivity index (χ1) is 8.02. The van der Waals surface area contributed by atoms with Crippen LogP contribution in [0.15, 0.2) is 36.5 Å². The Kier molecular flexibility index (Phi) is 2.71. The van der Waals surface area contributed by atoms with E-state index in [0.717, 1.165) is 16.9 Å². The predicted molar refractivity (Wildman–Crippen MR) is 54.0 cm³/mol. The number of nitrogens with zero attached hydrogens (tertiary/aromatic N) is 2. The first kappa shape index (κ1) is 11.4. The molecule has 3 nitrogen and oxygen atoms in total. The molecule has 17 heavy (non-hydrogen) atoms. The van der Waals surface area contributed by atoms with Gasteiger partial charge in [0.05, 0.1) is 11.9 Å². The molecule has 0 amide bonds. The van der Waals surface area contributed by atoms with Gasteiger partial charge >= 0.3 is 6.18 Å². The lowest BCUT2D eigenvalue weighted by molar-refractivity contribution is -0.142. The van der Waals surface area contributed by atoms with Gasteiger partial charge in [-0.1, -0.05) is 0 Å². The van der Waals surface area contributed by atoms with E-state index in [9.17, 15) is 18.0 Å². The van der Waals surface area contributed by atoms with E-state index in [1.165, 1.54) is 24.3 Å². The maximum Gasteiger partial charge on any atom is 0.433 e. The lowest BCUT2D eigenvalue weighted by atomic mass is 10.2. The molecule has 0 N–H and O–H groups in total. The lowest BCUT2D eigenvalue weighted by Crippen LogP contribution is -2.13. The van der Waals surface area contributed by atoms with Gasteiger partial charge in [-0.3, -0.25) is 4.79 Å². The molecule has 0 aliphatic carbocycles. The fraction of sp³-hybridized carbons (Fsp3) is 0.0909. The average Bonchev–Trinajstić information content (AvgIpc) is 2.78. The zero-order chi connectivity index (χ0) is 12.5. The van der Waals surface area contributed by atoms with Crippen LogP contribution in [0.2, 0.25) is 0 Å². The van der Waals surface area contributed by atoms with Gasteiger partial charge < -0.3 is 0 Å². The highest BCUT2D eigenvalue weighted by Gasteiger charge is 2.35. The van der Waals surface area contributed by atoms with Gasteiger partial charge in [-0.05, 0) is 30.3 Å². The Labute approximate surface area is 94.5 Å². The van der Waals surface area contributed by atoms with Gasteiger partial charge in [-0.2, -0.15) is 18.3 Å². The van der Waals surface area contributed by atoms with Gasteiger partial charge in [0, 0.05) is 5.56 Å². The first-order valence-electron chi connectivity index (χ1n) is 4.69. The Morgan fingerprint density at radius 2 is 1.76 bits per heavy atom. The number of carbonyl (C=O) groups excluding carboxylic acids is 1. The van der Waals surface area contributed by atoms with Crippen LogP contribution in [-0.2, 0) is 6.18 Å². The molecule has 0 unspecified atom stereocenters. The molecule has 0 aliphatic rings. The molecule has 1 aromatic carbocycles. The molecule has 1 heterocycles. The highest BCUT2D eigenvalue weighted by molar-refractivity contribution is 5.75. The minimum Gasteiger partial charge on any atom is -0.298 e. The van der Waals surface area contributed by atoms with Crippen molar-refractivity contribution in [3.8, 4) is 5.69 Å². The molecular weight excluding hydrogens is 233 g/mol. The van der Waals surface area contributed by atoms with Crippen molar-refractivity contribution in [1.82, 2.24) is 9.78 Å². The standard InChI is InChI=1S/C11H7F3N2O/c12-11(13,14)10-5-6-15-16(10)9-3-1-8(7-17)2-4-9/h1-7H. The van der Waals surface area contributed by atoms with E-state index in [-0.39, 0.29) is 5.69 Å². The van der Waals surface area contributed by atoms with Crippen LogP contribution in [0.5, 0.6) is 0 Å². The number of hydrogen-bond acceptors (Lipinski definition) is 2. The Bertz CT molecular complexity index is 528. The summed E-state index contributed by atoms with van der Waals surface area (Å²) in [5.74, 6) is 0. The lowest BCUT2D eigenvalue weighted by Gasteiger charge is -2.10. The van der Waals surface area contributed by atoms with Crippen molar-refractivity contribution in [1.29, 1.82) is 0 Å². The minimum atomic E-state index is -4.46. The predicted octanol–water partition coefficient (Wildman–Crippen LogP) is 2.70. The van der Waals surface area contributed by atoms with E-state index in [4.69, 9.17) is 0 Å². The number of aromatic nitrogens is 2. The molecule has 88 valence electrons. The number of carbonyl (C=O) groups is 1. The molecule has 6 heteroatoms. The van der Waals surface area contributed by atoms with Gasteiger partial charge in [0.1, 0.15) is 12.0 Å². The van der Waals surface area contributed by atoms with Crippen LogP contribution in [0, 0.1) is 0 Å². The fourth-order valence-corrected chi connectivity index (χ4v) is 1.42. The van der Waals surface area contributed by atoms with Crippen LogP contribution in [0.25, 0.3) is 5.69 Å². The van der Waals surface area contributed by atoms with Crippen molar-refractivity contribution in [3.05, 3.63) is 47.8 Å². The van der Waals surface area contributed by atoms with Crippen LogP contribution < -0.4 is 0 Å². The van der Waals surface area contributed by atoms with Crippen LogP contribution in [0.3, 0.4) is 0 Å². The summed E-state index contributed by atoms with van der Waals surface area (Å²) in [4.78, 5) is 10.4. The SMILES string of the molecule is O=Cc1ccc(-n2nccc2C(F)(F)F)cc1. The van der Waals surface area contributed by atoms with Crippen LogP contribution in [0.1, 0.15) is 16.1 Å². The topological polar surface area (TPSA) is 34.9 Å². The third-order valence-corrected chi connectivity index (χ3v) is 2.21. The molecule has 0 saturated heterocycles. The van der Waals surface area contributed by atoms with Gasteiger partial charge in [-0.15, -0.1) is 0 Å². The number of benzene rings is 1. The summed E-state index contributed by atoms with van der Waals surface area (Å²) in [7, 11) is 0. The second-order valence-electron chi connectivity index (χ2n) is 3.34. The molecule has 1 aromatic heterocycles. The maximum absolute atomic E-state index is 12.6. The highest BCUT2D eigenvalue weighted by atomic mass is 19.4. The Morgan fingerprint density at radius 3 is 2.29 bits per heavy atom. The third kappa shape index (κ3) is 2.20. The zero-order valence-corrected chi connectivity index (χ0v) is 8.48. The molecule has 0 radical (unpaired) electrons. The molecule has 0 atom stereocenters. The van der Waals surface area contributed by atoms with E-state index in [0.29, 0.717) is 11.8 Å². The smallest absolute Gasteiger partial charge is 0.298 e. The van der Waals surface area contributed by atoms with Gasteiger partial charge in [0.2, 0.25) is 0 Å². The summed E-state index contributed by atoms with van der Waals surface area (Å²) in [6, 6.07) is 6.58. The molecule has 0 saturated carbocycles. The summed E-state index contributed by atoms with van der Waals surface area (Å²) in [6.07, 6.45) is -2.76. The van der Waals surface area contributed by atoms with Gasteiger partial charge in [0.25, 0.3) is 0 Å². The highest BCUT2D eigenvalue weighted by Crippen LogP contribution is 2.30. The van der Waals surface area contributed by atoms with E-state index in [2.05, 4.69) is 5.10 Å². The largest absolute Gasteiger partial charge is 0.433 e. The van der Waals surface area contributed by atoms with E-state index in [1.54, 1.807) is 0 Å². The Hall–Kier alpha value is -2.11. The molecular formula is C11H7F3N2O. The first-order valence-corrected chi connectivity index (χ1v) is 4.69. The van der Waals surface area contributed by atoms with E-state index in [1.807, 2.05) is 0 Å². The molecule has 2 rings (SSSR count). The van der Waals surface area contributed by atoms with E-state index >= 15 is 0 Å². The van der Waals surface area contributed by atoms with Crippen LogP contribution in [-0.4, -0.2) is 16.1 Å². The number of halogens is 3. The summed E-state index contributed by atoms with van der Waals surface area (Å²) >= 11 is 0. The maximum atomic E-state index is 12.6. The molecule has 0 bridgehead atoms. The number of aldehydes is 1. The quantitative estimate of drug-likeness (QED) is 0.756. The van der Waals surface area contributed by atoms with Gasteiger partial charge in [0.15, 0.2) is 0 Å². The minimum absolute atomic E-state index is 0.257. The number of rotatable bonds is 2. The van der Waals surface area contributed by atoms with Crippen LogP contribution in [0.4, 0.5) is 13.2 Å². The van der Waals surface area contributed by atoms with Crippen molar-refractivity contribution in [2.24, 2.45) is 0 Å². The Balaban J connectivity index is 2.46. The summed E-state index contributed by atoms with van der Waals surface area (Å²) < 4.78 is 38.6. The van der Waals surface area contributed by atoms with Crippen molar-refractivity contribution in [2.75, 3.05) is 0 Å². The van der Waals surface area contributed by atoms with Crippen LogP contribution >= 0.6 is 0 Å². The second-order valence-corrected chi connectivity index (χ2v) is 3.34. The molecule has 0 spiro atoms. The fourth-order valence-electron chi connectivity index (χ4n) is 1.42. The van der Waals surface area contributed by atoms with E-state index < -0.39 is 11.9 Å². The molecule has 2 aromatic rings. The third-order valence-electron chi connectivity index (χ3n) is 2.21. The van der Waals surface area contributed by atoms with Crippen molar-refractivity contribution in [3.63, 3.8) is 0 Å².